The lowest BCUT2D eigenvalue weighted by atomic mass is 10.3. The number of ketones is 1. The van der Waals surface area contributed by atoms with E-state index in [4.69, 9.17) is 4.74 Å². The van der Waals surface area contributed by atoms with Gasteiger partial charge in [0.2, 0.25) is 5.91 Å². The van der Waals surface area contributed by atoms with Gasteiger partial charge in [0.15, 0.2) is 0 Å². The number of ether oxygens (including phenoxy) is 1. The van der Waals surface area contributed by atoms with Crippen LogP contribution in [0.5, 0.6) is 5.75 Å². The Labute approximate surface area is 94.6 Å². The van der Waals surface area contributed by atoms with E-state index in [1.807, 2.05) is 30.3 Å². The molecule has 1 amide bonds. The van der Waals surface area contributed by atoms with Crippen molar-refractivity contribution in [1.82, 2.24) is 5.32 Å². The number of rotatable bonds is 6. The fourth-order valence-corrected chi connectivity index (χ4v) is 1.16. The van der Waals surface area contributed by atoms with Gasteiger partial charge in [-0.15, -0.1) is 0 Å². The molecule has 1 aromatic carbocycles. The van der Waals surface area contributed by atoms with Crippen molar-refractivity contribution in [2.45, 2.75) is 13.3 Å². The molecule has 0 aliphatic rings. The van der Waals surface area contributed by atoms with Crippen LogP contribution < -0.4 is 10.1 Å². The van der Waals surface area contributed by atoms with Gasteiger partial charge in [-0.1, -0.05) is 18.2 Å². The molecule has 0 fully saturated rings. The van der Waals surface area contributed by atoms with Crippen LogP contribution in [0.15, 0.2) is 30.3 Å². The molecule has 0 aromatic heterocycles. The number of para-hydroxylation sites is 1. The summed E-state index contributed by atoms with van der Waals surface area (Å²) in [4.78, 5) is 21.7. The number of hydrogen-bond acceptors (Lipinski definition) is 3. The van der Waals surface area contributed by atoms with Crippen molar-refractivity contribution in [1.29, 1.82) is 0 Å². The van der Waals surface area contributed by atoms with E-state index in [0.717, 1.165) is 5.75 Å². The number of Topliss-reactive ketones (excluding diaryl/α,β-unsaturated/α-hetero) is 1. The summed E-state index contributed by atoms with van der Waals surface area (Å²) in [5.74, 6) is 0.369. The third kappa shape index (κ3) is 5.14. The van der Waals surface area contributed by atoms with Crippen molar-refractivity contribution in [3.8, 4) is 5.75 Å². The van der Waals surface area contributed by atoms with Gasteiger partial charge in [-0.3, -0.25) is 9.59 Å². The molecular formula is C12H15NO3. The Morgan fingerprint density at radius 2 is 1.94 bits per heavy atom. The highest BCUT2D eigenvalue weighted by Crippen LogP contribution is 2.07. The molecule has 16 heavy (non-hydrogen) atoms. The molecule has 0 aliphatic heterocycles. The van der Waals surface area contributed by atoms with Gasteiger partial charge in [0.05, 0.1) is 13.0 Å². The van der Waals surface area contributed by atoms with E-state index >= 15 is 0 Å². The van der Waals surface area contributed by atoms with Crippen molar-refractivity contribution in [2.75, 3.05) is 13.2 Å². The maximum absolute atomic E-state index is 11.1. The number of carbonyl (C=O) groups excluding carboxylic acids is 2. The Hall–Kier alpha value is -1.84. The summed E-state index contributed by atoms with van der Waals surface area (Å²) < 4.78 is 5.36. The lowest BCUT2D eigenvalue weighted by Crippen LogP contribution is -2.29. The Bertz CT molecular complexity index is 349. The Balaban J connectivity index is 2.13. The molecule has 1 rings (SSSR count). The summed E-state index contributed by atoms with van der Waals surface area (Å²) in [6.07, 6.45) is -0.0641. The van der Waals surface area contributed by atoms with Gasteiger partial charge in [-0.2, -0.15) is 0 Å². The van der Waals surface area contributed by atoms with Gasteiger partial charge < -0.3 is 10.1 Å². The largest absolute Gasteiger partial charge is 0.492 e. The third-order valence-corrected chi connectivity index (χ3v) is 1.85. The van der Waals surface area contributed by atoms with Crippen molar-refractivity contribution in [2.24, 2.45) is 0 Å². The van der Waals surface area contributed by atoms with Gasteiger partial charge in [-0.05, 0) is 19.1 Å². The van der Waals surface area contributed by atoms with Crippen LogP contribution in [0.3, 0.4) is 0 Å². The first-order valence-electron chi connectivity index (χ1n) is 5.12. The van der Waals surface area contributed by atoms with Crippen LogP contribution in [-0.2, 0) is 9.59 Å². The van der Waals surface area contributed by atoms with E-state index in [1.54, 1.807) is 0 Å². The van der Waals surface area contributed by atoms with Crippen LogP contribution in [0.25, 0.3) is 0 Å². The van der Waals surface area contributed by atoms with Crippen molar-refractivity contribution in [3.63, 3.8) is 0 Å². The van der Waals surface area contributed by atoms with Crippen LogP contribution in [0.1, 0.15) is 13.3 Å². The number of hydrogen-bond donors (Lipinski definition) is 1. The normalized spacial score (nSPS) is 9.56. The zero-order valence-corrected chi connectivity index (χ0v) is 9.23. The highest BCUT2D eigenvalue weighted by atomic mass is 16.5. The molecule has 0 bridgehead atoms. The molecule has 0 radical (unpaired) electrons. The molecule has 86 valence electrons. The number of carbonyl (C=O) groups is 2. The second kappa shape index (κ2) is 6.61. The summed E-state index contributed by atoms with van der Waals surface area (Å²) in [5.41, 5.74) is 0. The van der Waals surface area contributed by atoms with Crippen LogP contribution in [0.4, 0.5) is 0 Å². The average molecular weight is 221 g/mol. The summed E-state index contributed by atoms with van der Waals surface area (Å²) in [5, 5.41) is 2.60. The quantitative estimate of drug-likeness (QED) is 0.579. The number of amides is 1. The molecule has 0 heterocycles. The summed E-state index contributed by atoms with van der Waals surface area (Å²) >= 11 is 0. The first-order chi connectivity index (χ1) is 7.68. The topological polar surface area (TPSA) is 55.4 Å². The predicted octanol–water partition coefficient (Wildman–Crippen LogP) is 1.16. The first kappa shape index (κ1) is 12.2. The highest BCUT2D eigenvalue weighted by molar-refractivity contribution is 5.96. The number of benzene rings is 1. The second-order valence-electron chi connectivity index (χ2n) is 3.39. The molecule has 0 atom stereocenters. The van der Waals surface area contributed by atoms with E-state index in [1.165, 1.54) is 6.92 Å². The van der Waals surface area contributed by atoms with Gasteiger partial charge >= 0.3 is 0 Å². The zero-order chi connectivity index (χ0) is 11.8. The number of nitrogens with one attached hydrogen (secondary N) is 1. The molecule has 4 heteroatoms. The maximum Gasteiger partial charge on any atom is 0.227 e. The molecule has 0 saturated carbocycles. The molecule has 0 aliphatic carbocycles. The zero-order valence-electron chi connectivity index (χ0n) is 9.23. The van der Waals surface area contributed by atoms with E-state index in [9.17, 15) is 9.59 Å². The predicted molar refractivity (Wildman–Crippen MR) is 60.2 cm³/mol. The SMILES string of the molecule is CC(=O)CC(=O)NCCOc1ccccc1. The molecular weight excluding hydrogens is 206 g/mol. The minimum absolute atomic E-state index is 0.0641. The molecule has 1 aromatic rings. The second-order valence-corrected chi connectivity index (χ2v) is 3.39. The third-order valence-electron chi connectivity index (χ3n) is 1.85. The van der Waals surface area contributed by atoms with Crippen LogP contribution in [-0.4, -0.2) is 24.8 Å². The standard InChI is InChI=1S/C12H15NO3/c1-10(14)9-12(15)13-7-8-16-11-5-3-2-4-6-11/h2-6H,7-9H2,1H3,(H,13,15). The summed E-state index contributed by atoms with van der Waals surface area (Å²) in [6, 6.07) is 9.35. The maximum atomic E-state index is 11.1. The van der Waals surface area contributed by atoms with E-state index < -0.39 is 0 Å². The van der Waals surface area contributed by atoms with Crippen LogP contribution >= 0.6 is 0 Å². The van der Waals surface area contributed by atoms with E-state index in [-0.39, 0.29) is 18.1 Å². The van der Waals surface area contributed by atoms with Gasteiger partial charge in [-0.25, -0.2) is 0 Å². The average Bonchev–Trinajstić information content (AvgIpc) is 2.25. The van der Waals surface area contributed by atoms with Gasteiger partial charge in [0, 0.05) is 0 Å². The smallest absolute Gasteiger partial charge is 0.227 e. The fraction of sp³-hybridized carbons (Fsp3) is 0.333. The van der Waals surface area contributed by atoms with Gasteiger partial charge in [0.25, 0.3) is 0 Å². The Morgan fingerprint density at radius 1 is 1.25 bits per heavy atom. The van der Waals surface area contributed by atoms with Crippen molar-refractivity contribution in [3.05, 3.63) is 30.3 Å². The highest BCUT2D eigenvalue weighted by Gasteiger charge is 2.03. The lowest BCUT2D eigenvalue weighted by Gasteiger charge is -2.06. The Kier molecular flexibility index (Phi) is 5.05. The lowest BCUT2D eigenvalue weighted by molar-refractivity contribution is -0.127. The summed E-state index contributed by atoms with van der Waals surface area (Å²) in [7, 11) is 0. The van der Waals surface area contributed by atoms with E-state index in [2.05, 4.69) is 5.32 Å². The molecule has 0 unspecified atom stereocenters. The van der Waals surface area contributed by atoms with Crippen LogP contribution in [0, 0.1) is 0 Å². The minimum atomic E-state index is -0.260. The fourth-order valence-electron chi connectivity index (χ4n) is 1.16. The van der Waals surface area contributed by atoms with Gasteiger partial charge in [0.1, 0.15) is 18.1 Å². The minimum Gasteiger partial charge on any atom is -0.492 e. The summed E-state index contributed by atoms with van der Waals surface area (Å²) in [6.45, 7) is 2.19. The molecule has 0 spiro atoms. The van der Waals surface area contributed by atoms with Crippen molar-refractivity contribution >= 4 is 11.7 Å². The first-order valence-corrected chi connectivity index (χ1v) is 5.12. The molecule has 0 saturated heterocycles. The molecule has 1 N–H and O–H groups in total. The molecule has 4 nitrogen and oxygen atoms in total. The van der Waals surface area contributed by atoms with E-state index in [0.29, 0.717) is 13.2 Å². The monoisotopic (exact) mass is 221 g/mol. The Morgan fingerprint density at radius 3 is 2.56 bits per heavy atom. The van der Waals surface area contributed by atoms with Crippen LogP contribution in [0.2, 0.25) is 0 Å². The van der Waals surface area contributed by atoms with Crippen molar-refractivity contribution < 1.29 is 14.3 Å².